The van der Waals surface area contributed by atoms with Crippen LogP contribution in [0.4, 0.5) is 5.69 Å². The Morgan fingerprint density at radius 1 is 1.18 bits per heavy atom. The summed E-state index contributed by atoms with van der Waals surface area (Å²) in [7, 11) is -3.28. The third-order valence-corrected chi connectivity index (χ3v) is 6.50. The van der Waals surface area contributed by atoms with E-state index in [1.54, 1.807) is 0 Å². The van der Waals surface area contributed by atoms with Gasteiger partial charge in [-0.25, -0.2) is 8.42 Å². The molecule has 0 unspecified atom stereocenters. The van der Waals surface area contributed by atoms with Crippen molar-refractivity contribution in [2.75, 3.05) is 11.2 Å². The lowest BCUT2D eigenvalue weighted by Gasteiger charge is -2.30. The number of hydrogen-bond donors (Lipinski definition) is 0. The first kappa shape index (κ1) is 15.4. The van der Waals surface area contributed by atoms with Crippen molar-refractivity contribution in [3.63, 3.8) is 0 Å². The third kappa shape index (κ3) is 3.47. The lowest BCUT2D eigenvalue weighted by Crippen LogP contribution is -2.32. The van der Waals surface area contributed by atoms with Crippen molar-refractivity contribution in [1.82, 2.24) is 10.2 Å². The fraction of sp³-hybridized carbons (Fsp3) is 0.467. The van der Waals surface area contributed by atoms with E-state index < -0.39 is 9.84 Å². The molecule has 118 valence electrons. The van der Waals surface area contributed by atoms with Crippen LogP contribution in [-0.2, 0) is 16.4 Å². The van der Waals surface area contributed by atoms with E-state index >= 15 is 0 Å². The molecule has 1 aliphatic rings. The number of rotatable bonds is 5. The molecule has 0 N–H and O–H groups in total. The van der Waals surface area contributed by atoms with Crippen LogP contribution in [0.15, 0.2) is 34.7 Å². The summed E-state index contributed by atoms with van der Waals surface area (Å²) in [5.74, 6) is 0. The third-order valence-electron chi connectivity index (χ3n) is 3.92. The molecule has 1 fully saturated rings. The zero-order valence-electron chi connectivity index (χ0n) is 12.5. The number of para-hydroxylation sites is 1. The Kier molecular flexibility index (Phi) is 4.44. The van der Waals surface area contributed by atoms with Crippen molar-refractivity contribution in [1.29, 1.82) is 0 Å². The van der Waals surface area contributed by atoms with Gasteiger partial charge in [-0.2, -0.15) is 0 Å². The van der Waals surface area contributed by atoms with Crippen LogP contribution in [0.25, 0.3) is 0 Å². The number of aromatic nitrogens is 2. The summed E-state index contributed by atoms with van der Waals surface area (Å²) in [6.07, 6.45) is 6.01. The molecule has 0 bridgehead atoms. The van der Waals surface area contributed by atoms with Gasteiger partial charge >= 0.3 is 0 Å². The minimum atomic E-state index is -3.28. The highest BCUT2D eigenvalue weighted by molar-refractivity contribution is 7.92. The minimum absolute atomic E-state index is 0.0990. The Morgan fingerprint density at radius 2 is 1.86 bits per heavy atom. The summed E-state index contributed by atoms with van der Waals surface area (Å²) in [4.78, 5) is 2.33. The van der Waals surface area contributed by atoms with Crippen LogP contribution >= 0.6 is 11.3 Å². The largest absolute Gasteiger partial charge is 0.362 e. The predicted molar refractivity (Wildman–Crippen MR) is 87.9 cm³/mol. The molecule has 0 spiro atoms. The van der Waals surface area contributed by atoms with E-state index in [-0.39, 0.29) is 4.34 Å². The van der Waals surface area contributed by atoms with Crippen LogP contribution in [0.2, 0.25) is 0 Å². The Morgan fingerprint density at radius 3 is 2.45 bits per heavy atom. The monoisotopic (exact) mass is 337 g/mol. The predicted octanol–water partition coefficient (Wildman–Crippen LogP) is 2.89. The maximum Gasteiger partial charge on any atom is 0.232 e. The van der Waals surface area contributed by atoms with Crippen LogP contribution in [-0.4, -0.2) is 30.9 Å². The van der Waals surface area contributed by atoms with Crippen molar-refractivity contribution < 1.29 is 8.42 Å². The van der Waals surface area contributed by atoms with E-state index in [0.29, 0.717) is 12.6 Å². The molecule has 0 radical (unpaired) electrons. The Labute approximate surface area is 134 Å². The quantitative estimate of drug-likeness (QED) is 0.839. The standard InChI is InChI=1S/C15H19N3O2S2/c1-22(19,20)15-17-16-14(21-15)11-18(13-9-5-6-10-13)12-7-3-2-4-8-12/h2-4,7-8,13H,5-6,9-11H2,1H3. The summed E-state index contributed by atoms with van der Waals surface area (Å²) in [6, 6.07) is 10.7. The second kappa shape index (κ2) is 6.34. The van der Waals surface area contributed by atoms with E-state index in [1.807, 2.05) is 18.2 Å². The van der Waals surface area contributed by atoms with Crippen molar-refractivity contribution in [3.05, 3.63) is 35.3 Å². The average Bonchev–Trinajstić information content (AvgIpc) is 3.16. The highest BCUT2D eigenvalue weighted by Crippen LogP contribution is 2.30. The molecular weight excluding hydrogens is 318 g/mol. The second-order valence-corrected chi connectivity index (χ2v) is 8.89. The van der Waals surface area contributed by atoms with Crippen molar-refractivity contribution >= 4 is 26.9 Å². The normalized spacial score (nSPS) is 16.0. The van der Waals surface area contributed by atoms with Gasteiger partial charge in [0.1, 0.15) is 5.01 Å². The maximum absolute atomic E-state index is 11.6. The molecule has 0 amide bonds. The van der Waals surface area contributed by atoms with Crippen molar-refractivity contribution in [2.24, 2.45) is 0 Å². The van der Waals surface area contributed by atoms with Gasteiger partial charge in [-0.15, -0.1) is 10.2 Å². The van der Waals surface area contributed by atoms with E-state index in [9.17, 15) is 8.42 Å². The Hall–Kier alpha value is -1.47. The van der Waals surface area contributed by atoms with Crippen LogP contribution < -0.4 is 4.90 Å². The van der Waals surface area contributed by atoms with Gasteiger partial charge in [0.2, 0.25) is 14.2 Å². The van der Waals surface area contributed by atoms with Gasteiger partial charge in [-0.3, -0.25) is 0 Å². The van der Waals surface area contributed by atoms with Crippen LogP contribution in [0, 0.1) is 0 Å². The van der Waals surface area contributed by atoms with E-state index in [4.69, 9.17) is 0 Å². The summed E-state index contributed by atoms with van der Waals surface area (Å²) < 4.78 is 23.2. The molecule has 0 atom stereocenters. The lowest BCUT2D eigenvalue weighted by atomic mass is 10.1. The van der Waals surface area contributed by atoms with E-state index in [2.05, 4.69) is 27.2 Å². The van der Waals surface area contributed by atoms with Crippen LogP contribution in [0.3, 0.4) is 0 Å². The molecule has 1 aliphatic carbocycles. The van der Waals surface area contributed by atoms with Gasteiger partial charge in [0.25, 0.3) is 0 Å². The number of benzene rings is 1. The van der Waals surface area contributed by atoms with Gasteiger partial charge < -0.3 is 4.90 Å². The zero-order chi connectivity index (χ0) is 15.6. The van der Waals surface area contributed by atoms with Gasteiger partial charge in [0.15, 0.2) is 0 Å². The van der Waals surface area contributed by atoms with Gasteiger partial charge in [-0.1, -0.05) is 42.4 Å². The van der Waals surface area contributed by atoms with Gasteiger partial charge in [0.05, 0.1) is 6.54 Å². The topological polar surface area (TPSA) is 63.2 Å². The van der Waals surface area contributed by atoms with Gasteiger partial charge in [-0.05, 0) is 25.0 Å². The average molecular weight is 337 g/mol. The molecule has 0 aliphatic heterocycles. The minimum Gasteiger partial charge on any atom is -0.362 e. The Balaban J connectivity index is 1.85. The molecule has 5 nitrogen and oxygen atoms in total. The zero-order valence-corrected chi connectivity index (χ0v) is 14.1. The first-order valence-corrected chi connectivity index (χ1v) is 10.1. The number of anilines is 1. The second-order valence-electron chi connectivity index (χ2n) is 5.64. The molecule has 1 aromatic carbocycles. The molecule has 3 rings (SSSR count). The van der Waals surface area contributed by atoms with Crippen molar-refractivity contribution in [2.45, 2.75) is 42.6 Å². The molecule has 22 heavy (non-hydrogen) atoms. The number of nitrogens with zero attached hydrogens (tertiary/aromatic N) is 3. The molecule has 1 saturated carbocycles. The smallest absolute Gasteiger partial charge is 0.232 e. The Bertz CT molecular complexity index is 722. The summed E-state index contributed by atoms with van der Waals surface area (Å²) in [5, 5.41) is 8.63. The van der Waals surface area contributed by atoms with Crippen molar-refractivity contribution in [3.8, 4) is 0 Å². The fourth-order valence-electron chi connectivity index (χ4n) is 2.86. The molecule has 7 heteroatoms. The van der Waals surface area contributed by atoms with Gasteiger partial charge in [0, 0.05) is 18.0 Å². The molecule has 1 heterocycles. The van der Waals surface area contributed by atoms with Crippen LogP contribution in [0.1, 0.15) is 30.7 Å². The summed E-state index contributed by atoms with van der Waals surface area (Å²) in [5.41, 5.74) is 1.16. The summed E-state index contributed by atoms with van der Waals surface area (Å²) in [6.45, 7) is 0.613. The maximum atomic E-state index is 11.6. The molecular formula is C15H19N3O2S2. The molecule has 1 aromatic heterocycles. The highest BCUT2D eigenvalue weighted by atomic mass is 32.2. The first-order chi connectivity index (χ1) is 10.5. The van der Waals surface area contributed by atoms with E-state index in [1.165, 1.54) is 43.3 Å². The lowest BCUT2D eigenvalue weighted by molar-refractivity contribution is 0.597. The van der Waals surface area contributed by atoms with E-state index in [0.717, 1.165) is 10.7 Å². The first-order valence-electron chi connectivity index (χ1n) is 7.38. The molecule has 2 aromatic rings. The van der Waals surface area contributed by atoms with Crippen LogP contribution in [0.5, 0.6) is 0 Å². The number of sulfone groups is 1. The highest BCUT2D eigenvalue weighted by Gasteiger charge is 2.25. The molecule has 0 saturated heterocycles. The summed E-state index contributed by atoms with van der Waals surface area (Å²) >= 11 is 1.17. The number of hydrogen-bond acceptors (Lipinski definition) is 6. The fourth-order valence-corrected chi connectivity index (χ4v) is 4.52. The SMILES string of the molecule is CS(=O)(=O)c1nnc(CN(c2ccccc2)C2CCCC2)s1.